The van der Waals surface area contributed by atoms with E-state index < -0.39 is 0 Å². The highest BCUT2D eigenvalue weighted by atomic mass is 35.5. The average molecular weight is 294 g/mol. The average Bonchev–Trinajstić information content (AvgIpc) is 2.68. The highest BCUT2D eigenvalue weighted by Crippen LogP contribution is 2.19. The number of hydrogen-bond donors (Lipinski definition) is 1. The molecule has 0 saturated carbocycles. The Morgan fingerprint density at radius 2 is 2.30 bits per heavy atom. The number of hydrogen-bond acceptors (Lipinski definition) is 4. The van der Waals surface area contributed by atoms with Crippen LogP contribution in [0.4, 0.5) is 0 Å². The Hall–Kier alpha value is -1.66. The third-order valence-electron chi connectivity index (χ3n) is 3.49. The van der Waals surface area contributed by atoms with Crippen LogP contribution in [0.15, 0.2) is 11.0 Å². The summed E-state index contributed by atoms with van der Waals surface area (Å²) in [4.78, 5) is 21.3. The first-order valence-corrected chi connectivity index (χ1v) is 6.90. The molecule has 6 nitrogen and oxygen atoms in total. The van der Waals surface area contributed by atoms with Gasteiger partial charge in [-0.2, -0.15) is 5.10 Å². The SMILES string of the molecule is Cc1nc2c(c(=O)[nH]1)CN(Cc1nn(C)cc1Cl)CC2. The molecule has 7 heteroatoms. The Balaban J connectivity index is 1.82. The van der Waals surface area contributed by atoms with Gasteiger partial charge in [0.2, 0.25) is 0 Å². The van der Waals surface area contributed by atoms with E-state index in [0.29, 0.717) is 23.9 Å². The number of halogens is 1. The quantitative estimate of drug-likeness (QED) is 0.898. The zero-order chi connectivity index (χ0) is 14.3. The van der Waals surface area contributed by atoms with Gasteiger partial charge in [0.05, 0.1) is 22.0 Å². The van der Waals surface area contributed by atoms with Gasteiger partial charge in [-0.1, -0.05) is 11.6 Å². The van der Waals surface area contributed by atoms with Crippen molar-refractivity contribution >= 4 is 11.6 Å². The van der Waals surface area contributed by atoms with Crippen LogP contribution in [0.5, 0.6) is 0 Å². The third-order valence-corrected chi connectivity index (χ3v) is 3.81. The first kappa shape index (κ1) is 13.3. The van der Waals surface area contributed by atoms with Crippen LogP contribution in [0.25, 0.3) is 0 Å². The maximum atomic E-state index is 12.0. The van der Waals surface area contributed by atoms with E-state index in [0.717, 1.165) is 29.9 Å². The summed E-state index contributed by atoms with van der Waals surface area (Å²) in [6, 6.07) is 0. The molecule has 0 fully saturated rings. The van der Waals surface area contributed by atoms with Gasteiger partial charge in [0.15, 0.2) is 0 Å². The molecule has 0 spiro atoms. The minimum Gasteiger partial charge on any atom is -0.310 e. The second kappa shape index (κ2) is 5.03. The summed E-state index contributed by atoms with van der Waals surface area (Å²) < 4.78 is 1.70. The molecule has 106 valence electrons. The Bertz CT molecular complexity index is 705. The van der Waals surface area contributed by atoms with Crippen molar-refractivity contribution < 1.29 is 0 Å². The molecule has 0 atom stereocenters. The lowest BCUT2D eigenvalue weighted by Gasteiger charge is -2.26. The van der Waals surface area contributed by atoms with E-state index >= 15 is 0 Å². The van der Waals surface area contributed by atoms with E-state index in [2.05, 4.69) is 20.0 Å². The topological polar surface area (TPSA) is 66.8 Å². The van der Waals surface area contributed by atoms with Gasteiger partial charge < -0.3 is 4.98 Å². The van der Waals surface area contributed by atoms with Gasteiger partial charge in [-0.05, 0) is 6.92 Å². The Kier molecular flexibility index (Phi) is 3.35. The predicted octanol–water partition coefficient (Wildman–Crippen LogP) is 1.02. The molecule has 0 unspecified atom stereocenters. The highest BCUT2D eigenvalue weighted by Gasteiger charge is 2.22. The smallest absolute Gasteiger partial charge is 0.255 e. The number of fused-ring (bicyclic) bond motifs is 1. The third kappa shape index (κ3) is 2.48. The Morgan fingerprint density at radius 3 is 3.00 bits per heavy atom. The Labute approximate surface area is 121 Å². The van der Waals surface area contributed by atoms with E-state index in [1.165, 1.54) is 0 Å². The molecule has 20 heavy (non-hydrogen) atoms. The van der Waals surface area contributed by atoms with Crippen LogP contribution in [0, 0.1) is 6.92 Å². The molecule has 1 aliphatic rings. The van der Waals surface area contributed by atoms with Gasteiger partial charge in [-0.15, -0.1) is 0 Å². The van der Waals surface area contributed by atoms with Crippen molar-refractivity contribution in [1.82, 2.24) is 24.6 Å². The van der Waals surface area contributed by atoms with Crippen LogP contribution in [0.3, 0.4) is 0 Å². The fraction of sp³-hybridized carbons (Fsp3) is 0.462. The fourth-order valence-corrected chi connectivity index (χ4v) is 2.80. The van der Waals surface area contributed by atoms with E-state index in [9.17, 15) is 4.79 Å². The zero-order valence-corrected chi connectivity index (χ0v) is 12.2. The fourth-order valence-electron chi connectivity index (χ4n) is 2.56. The van der Waals surface area contributed by atoms with Crippen LogP contribution in [-0.2, 0) is 26.6 Å². The number of aryl methyl sites for hydroxylation is 2. The van der Waals surface area contributed by atoms with E-state index in [4.69, 9.17) is 11.6 Å². The lowest BCUT2D eigenvalue weighted by molar-refractivity contribution is 0.238. The van der Waals surface area contributed by atoms with E-state index in [1.807, 2.05) is 14.0 Å². The normalized spacial score (nSPS) is 15.3. The van der Waals surface area contributed by atoms with Gasteiger partial charge in [-0.3, -0.25) is 14.4 Å². The summed E-state index contributed by atoms with van der Waals surface area (Å²) in [5, 5.41) is 5.00. The number of H-pyrrole nitrogens is 1. The highest BCUT2D eigenvalue weighted by molar-refractivity contribution is 6.31. The first-order chi connectivity index (χ1) is 9.52. The second-order valence-corrected chi connectivity index (χ2v) is 5.54. The van der Waals surface area contributed by atoms with Crippen molar-refractivity contribution in [3.8, 4) is 0 Å². The molecule has 3 heterocycles. The largest absolute Gasteiger partial charge is 0.310 e. The van der Waals surface area contributed by atoms with Crippen molar-refractivity contribution in [2.24, 2.45) is 7.05 Å². The van der Waals surface area contributed by atoms with Crippen LogP contribution >= 0.6 is 11.6 Å². The summed E-state index contributed by atoms with van der Waals surface area (Å²) in [7, 11) is 1.85. The molecule has 0 bridgehead atoms. The molecule has 1 N–H and O–H groups in total. The first-order valence-electron chi connectivity index (χ1n) is 6.52. The number of rotatable bonds is 2. The van der Waals surface area contributed by atoms with Crippen molar-refractivity contribution in [1.29, 1.82) is 0 Å². The summed E-state index contributed by atoms with van der Waals surface area (Å²) in [5.74, 6) is 0.676. The second-order valence-electron chi connectivity index (χ2n) is 5.13. The number of nitrogens with zero attached hydrogens (tertiary/aromatic N) is 4. The van der Waals surface area contributed by atoms with Crippen molar-refractivity contribution in [3.05, 3.63) is 44.3 Å². The van der Waals surface area contributed by atoms with Crippen molar-refractivity contribution in [3.63, 3.8) is 0 Å². The van der Waals surface area contributed by atoms with Gasteiger partial charge in [0, 0.05) is 39.3 Å². The molecule has 0 amide bonds. The lowest BCUT2D eigenvalue weighted by Crippen LogP contribution is -2.35. The summed E-state index contributed by atoms with van der Waals surface area (Å²) in [5.41, 5.74) is 2.47. The molecule has 0 saturated heterocycles. The van der Waals surface area contributed by atoms with E-state index in [1.54, 1.807) is 10.9 Å². The molecular weight excluding hydrogens is 278 g/mol. The lowest BCUT2D eigenvalue weighted by atomic mass is 10.1. The summed E-state index contributed by atoms with van der Waals surface area (Å²) >= 11 is 6.13. The monoisotopic (exact) mass is 293 g/mol. The molecule has 0 radical (unpaired) electrons. The molecule has 0 aromatic carbocycles. The maximum absolute atomic E-state index is 12.0. The molecule has 3 rings (SSSR count). The number of aromatic amines is 1. The van der Waals surface area contributed by atoms with Crippen molar-refractivity contribution in [2.75, 3.05) is 6.54 Å². The van der Waals surface area contributed by atoms with Gasteiger partial charge in [0.25, 0.3) is 5.56 Å². The molecule has 2 aromatic heterocycles. The predicted molar refractivity (Wildman–Crippen MR) is 75.6 cm³/mol. The van der Waals surface area contributed by atoms with Crippen LogP contribution in [-0.4, -0.2) is 31.2 Å². The summed E-state index contributed by atoms with van der Waals surface area (Å²) in [6.07, 6.45) is 2.57. The van der Waals surface area contributed by atoms with E-state index in [-0.39, 0.29) is 5.56 Å². The minimum atomic E-state index is -0.0377. The zero-order valence-electron chi connectivity index (χ0n) is 11.5. The summed E-state index contributed by atoms with van der Waals surface area (Å²) in [6.45, 7) is 3.90. The van der Waals surface area contributed by atoms with Crippen molar-refractivity contribution in [2.45, 2.75) is 26.4 Å². The number of nitrogens with one attached hydrogen (secondary N) is 1. The van der Waals surface area contributed by atoms with Crippen LogP contribution < -0.4 is 5.56 Å². The number of aromatic nitrogens is 4. The molecular formula is C13H16ClN5O. The standard InChI is InChI=1S/C13H16ClN5O/c1-8-15-11-3-4-19(5-9(11)13(20)16-8)7-12-10(14)6-18(2)17-12/h6H,3-5,7H2,1-2H3,(H,15,16,20). The minimum absolute atomic E-state index is 0.0377. The van der Waals surface area contributed by atoms with Crippen LogP contribution in [0.1, 0.15) is 22.8 Å². The molecule has 0 aliphatic carbocycles. The maximum Gasteiger partial charge on any atom is 0.255 e. The Morgan fingerprint density at radius 1 is 1.50 bits per heavy atom. The molecule has 2 aromatic rings. The van der Waals surface area contributed by atoms with Gasteiger partial charge in [-0.25, -0.2) is 4.98 Å². The molecule has 1 aliphatic heterocycles. The van der Waals surface area contributed by atoms with Crippen LogP contribution in [0.2, 0.25) is 5.02 Å². The van der Waals surface area contributed by atoms with Gasteiger partial charge in [0.1, 0.15) is 5.82 Å². The van der Waals surface area contributed by atoms with Gasteiger partial charge >= 0.3 is 0 Å².